The van der Waals surface area contributed by atoms with E-state index in [1.54, 1.807) is 0 Å². The number of aliphatic hydroxyl groups excluding tert-OH is 1. The van der Waals surface area contributed by atoms with Crippen LogP contribution in [0.2, 0.25) is 0 Å². The van der Waals surface area contributed by atoms with Crippen molar-refractivity contribution in [2.75, 3.05) is 33.3 Å². The van der Waals surface area contributed by atoms with Crippen molar-refractivity contribution >= 4 is 0 Å². The molecule has 1 fully saturated rings. The number of rotatable bonds is 8. The van der Waals surface area contributed by atoms with Crippen LogP contribution in [0.25, 0.3) is 0 Å². The van der Waals surface area contributed by atoms with Crippen LogP contribution in [0.15, 0.2) is 0 Å². The van der Waals surface area contributed by atoms with E-state index in [2.05, 4.69) is 38.0 Å². The van der Waals surface area contributed by atoms with E-state index in [1.807, 2.05) is 0 Å². The molecule has 0 aromatic carbocycles. The van der Waals surface area contributed by atoms with Gasteiger partial charge >= 0.3 is 0 Å². The maximum Gasteiger partial charge on any atom is 0.0609 e. The number of likely N-dealkylation sites (N-methyl/N-ethyl adjacent to an activating group) is 1. The summed E-state index contributed by atoms with van der Waals surface area (Å²) in [5.74, 6) is 0. The highest BCUT2D eigenvalue weighted by Gasteiger charge is 2.37. The molecule has 0 amide bonds. The van der Waals surface area contributed by atoms with Crippen molar-refractivity contribution in [3.63, 3.8) is 0 Å². The predicted molar refractivity (Wildman–Crippen MR) is 77.9 cm³/mol. The molecule has 3 nitrogen and oxygen atoms in total. The third-order valence-electron chi connectivity index (χ3n) is 4.58. The summed E-state index contributed by atoms with van der Waals surface area (Å²) in [6.45, 7) is 10.0. The Bertz CT molecular complexity index is 235. The topological polar surface area (TPSA) is 35.5 Å². The van der Waals surface area contributed by atoms with Gasteiger partial charge in [0.25, 0.3) is 0 Å². The molecule has 0 radical (unpaired) electrons. The van der Waals surface area contributed by atoms with Gasteiger partial charge in [0, 0.05) is 18.6 Å². The quantitative estimate of drug-likeness (QED) is 0.654. The molecule has 0 aromatic rings. The highest BCUT2D eigenvalue weighted by molar-refractivity contribution is 4.92. The fourth-order valence-corrected chi connectivity index (χ4v) is 2.88. The lowest BCUT2D eigenvalue weighted by Gasteiger charge is -2.41. The minimum absolute atomic E-state index is 0.111. The number of aliphatic hydroxyl groups is 1. The molecule has 0 bridgehead atoms. The van der Waals surface area contributed by atoms with Crippen LogP contribution >= 0.6 is 0 Å². The zero-order chi connectivity index (χ0) is 13.6. The molecule has 1 saturated carbocycles. The van der Waals surface area contributed by atoms with Crippen molar-refractivity contribution in [2.45, 2.75) is 58.4 Å². The zero-order valence-corrected chi connectivity index (χ0v) is 12.8. The van der Waals surface area contributed by atoms with Crippen molar-refractivity contribution < 1.29 is 5.11 Å². The highest BCUT2D eigenvalue weighted by Crippen LogP contribution is 2.39. The molecule has 0 atom stereocenters. The molecule has 0 saturated heterocycles. The zero-order valence-electron chi connectivity index (χ0n) is 12.8. The molecule has 1 rings (SSSR count). The summed E-state index contributed by atoms with van der Waals surface area (Å²) in [5, 5.41) is 13.1. The fourth-order valence-electron chi connectivity index (χ4n) is 2.88. The Morgan fingerprint density at radius 2 is 1.89 bits per heavy atom. The third kappa shape index (κ3) is 4.22. The Balaban J connectivity index is 2.56. The average Bonchev–Trinajstić information content (AvgIpc) is 2.78. The van der Waals surface area contributed by atoms with Crippen LogP contribution in [0.1, 0.15) is 52.9 Å². The maximum atomic E-state index is 9.48. The average molecular weight is 256 g/mol. The largest absolute Gasteiger partial charge is 0.394 e. The summed E-state index contributed by atoms with van der Waals surface area (Å²) < 4.78 is 0. The molecule has 0 unspecified atom stereocenters. The van der Waals surface area contributed by atoms with Crippen LogP contribution in [0.3, 0.4) is 0 Å². The summed E-state index contributed by atoms with van der Waals surface area (Å²) in [6.07, 6.45) is 6.58. The first-order valence-electron chi connectivity index (χ1n) is 7.49. The van der Waals surface area contributed by atoms with Gasteiger partial charge in [0.05, 0.1) is 6.61 Å². The first kappa shape index (κ1) is 15.9. The van der Waals surface area contributed by atoms with E-state index >= 15 is 0 Å². The first-order valence-corrected chi connectivity index (χ1v) is 7.49. The minimum Gasteiger partial charge on any atom is -0.394 e. The lowest BCUT2D eigenvalue weighted by Crippen LogP contribution is -2.51. The van der Waals surface area contributed by atoms with E-state index in [9.17, 15) is 5.11 Å². The van der Waals surface area contributed by atoms with Gasteiger partial charge in [0.2, 0.25) is 0 Å². The number of hydrogen-bond acceptors (Lipinski definition) is 3. The molecule has 0 heterocycles. The van der Waals surface area contributed by atoms with Crippen molar-refractivity contribution in [1.82, 2.24) is 10.2 Å². The molecule has 0 aliphatic heterocycles. The van der Waals surface area contributed by atoms with E-state index in [4.69, 9.17) is 0 Å². The van der Waals surface area contributed by atoms with Gasteiger partial charge in [0.15, 0.2) is 0 Å². The van der Waals surface area contributed by atoms with Gasteiger partial charge in [0.1, 0.15) is 0 Å². The normalized spacial score (nSPS) is 19.7. The number of nitrogens with one attached hydrogen (secondary N) is 1. The van der Waals surface area contributed by atoms with Crippen LogP contribution < -0.4 is 5.32 Å². The van der Waals surface area contributed by atoms with Gasteiger partial charge in [-0.25, -0.2) is 0 Å². The lowest BCUT2D eigenvalue weighted by atomic mass is 9.84. The van der Waals surface area contributed by atoms with Crippen LogP contribution in [-0.4, -0.2) is 48.8 Å². The monoisotopic (exact) mass is 256 g/mol. The molecule has 18 heavy (non-hydrogen) atoms. The maximum absolute atomic E-state index is 9.48. The summed E-state index contributed by atoms with van der Waals surface area (Å²) in [6, 6.07) is 0. The highest BCUT2D eigenvalue weighted by atomic mass is 16.3. The Morgan fingerprint density at radius 3 is 2.39 bits per heavy atom. The van der Waals surface area contributed by atoms with Crippen molar-refractivity contribution in [2.24, 2.45) is 5.41 Å². The van der Waals surface area contributed by atoms with Crippen LogP contribution in [0, 0.1) is 5.41 Å². The summed E-state index contributed by atoms with van der Waals surface area (Å²) in [4.78, 5) is 2.34. The first-order chi connectivity index (χ1) is 8.46. The van der Waals surface area contributed by atoms with Gasteiger partial charge in [-0.15, -0.1) is 0 Å². The van der Waals surface area contributed by atoms with E-state index in [-0.39, 0.29) is 12.1 Å². The summed E-state index contributed by atoms with van der Waals surface area (Å²) in [7, 11) is 2.15. The standard InChI is InChI=1S/C15H32N2O/c1-5-10-16-11-15(8-6-7-9-15)12-17(4)14(2,3)13-18/h16,18H,5-13H2,1-4H3. The van der Waals surface area contributed by atoms with Crippen molar-refractivity contribution in [3.8, 4) is 0 Å². The van der Waals surface area contributed by atoms with Gasteiger partial charge in [-0.3, -0.25) is 4.90 Å². The number of hydrogen-bond donors (Lipinski definition) is 2. The molecular formula is C15H32N2O. The molecule has 1 aliphatic rings. The second-order valence-corrected chi connectivity index (χ2v) is 6.71. The molecule has 0 spiro atoms. The smallest absolute Gasteiger partial charge is 0.0609 e. The molecule has 3 heteroatoms. The Labute approximate surface area is 113 Å². The molecule has 1 aliphatic carbocycles. The van der Waals surface area contributed by atoms with Crippen LogP contribution in [0.5, 0.6) is 0 Å². The minimum atomic E-state index is -0.111. The van der Waals surface area contributed by atoms with E-state index < -0.39 is 0 Å². The predicted octanol–water partition coefficient (Wildman–Crippen LogP) is 2.25. The molecular weight excluding hydrogens is 224 g/mol. The second kappa shape index (κ2) is 6.88. The van der Waals surface area contributed by atoms with Crippen molar-refractivity contribution in [1.29, 1.82) is 0 Å². The summed E-state index contributed by atoms with van der Waals surface area (Å²) in [5.41, 5.74) is 0.316. The SMILES string of the molecule is CCCNCC1(CN(C)C(C)(C)CO)CCCC1. The third-order valence-corrected chi connectivity index (χ3v) is 4.58. The van der Waals surface area contributed by atoms with Crippen LogP contribution in [-0.2, 0) is 0 Å². The summed E-state index contributed by atoms with van der Waals surface area (Å²) >= 11 is 0. The van der Waals surface area contributed by atoms with Gasteiger partial charge in [-0.2, -0.15) is 0 Å². The van der Waals surface area contributed by atoms with E-state index in [0.29, 0.717) is 5.41 Å². The molecule has 108 valence electrons. The van der Waals surface area contributed by atoms with Gasteiger partial charge in [-0.05, 0) is 52.1 Å². The Hall–Kier alpha value is -0.120. The fraction of sp³-hybridized carbons (Fsp3) is 1.00. The van der Waals surface area contributed by atoms with E-state index in [0.717, 1.165) is 19.6 Å². The number of nitrogens with zero attached hydrogens (tertiary/aromatic N) is 1. The van der Waals surface area contributed by atoms with Gasteiger partial charge in [-0.1, -0.05) is 19.8 Å². The Morgan fingerprint density at radius 1 is 1.28 bits per heavy atom. The Kier molecular flexibility index (Phi) is 6.09. The van der Waals surface area contributed by atoms with Crippen molar-refractivity contribution in [3.05, 3.63) is 0 Å². The van der Waals surface area contributed by atoms with Gasteiger partial charge < -0.3 is 10.4 Å². The molecule has 2 N–H and O–H groups in total. The van der Waals surface area contributed by atoms with Crippen LogP contribution in [0.4, 0.5) is 0 Å². The lowest BCUT2D eigenvalue weighted by molar-refractivity contribution is 0.0416. The van der Waals surface area contributed by atoms with E-state index in [1.165, 1.54) is 32.1 Å². The molecule has 0 aromatic heterocycles. The second-order valence-electron chi connectivity index (χ2n) is 6.71.